The molecule has 1 saturated heterocycles. The van der Waals surface area contributed by atoms with Gasteiger partial charge in [-0.1, -0.05) is 0 Å². The number of ether oxygens (including phenoxy) is 2. The Bertz CT molecular complexity index is 370. The minimum absolute atomic E-state index is 0.371. The monoisotopic (exact) mass is 301 g/mol. The minimum Gasteiger partial charge on any atom is -0.480 e. The molecule has 6 heteroatoms. The van der Waals surface area contributed by atoms with E-state index in [9.17, 15) is 0 Å². The summed E-state index contributed by atoms with van der Waals surface area (Å²) in [6.07, 6.45) is 3.90. The van der Waals surface area contributed by atoms with Crippen molar-refractivity contribution in [2.45, 2.75) is 12.8 Å². The van der Waals surface area contributed by atoms with Crippen LogP contribution in [-0.2, 0) is 0 Å². The van der Waals surface area contributed by atoms with Crippen molar-refractivity contribution in [3.63, 3.8) is 0 Å². The van der Waals surface area contributed by atoms with Gasteiger partial charge in [0, 0.05) is 0 Å². The molecule has 1 fully saturated rings. The van der Waals surface area contributed by atoms with E-state index in [0.717, 1.165) is 24.0 Å². The molecule has 0 aliphatic carbocycles. The molecule has 1 unspecified atom stereocenters. The molecule has 1 atom stereocenters. The van der Waals surface area contributed by atoms with E-state index < -0.39 is 0 Å². The first kappa shape index (κ1) is 12.6. The molecule has 1 aromatic rings. The molecule has 1 aliphatic heterocycles. The fraction of sp³-hybridized carbons (Fsp3) is 0.636. The zero-order valence-electron chi connectivity index (χ0n) is 9.78. The van der Waals surface area contributed by atoms with E-state index in [2.05, 4.69) is 31.2 Å². The van der Waals surface area contributed by atoms with Crippen LogP contribution in [0.3, 0.4) is 0 Å². The Labute approximate surface area is 109 Å². The maximum atomic E-state index is 5.51. The summed E-state index contributed by atoms with van der Waals surface area (Å²) < 4.78 is 11.3. The van der Waals surface area contributed by atoms with E-state index in [1.54, 1.807) is 13.3 Å². The van der Waals surface area contributed by atoms with Crippen LogP contribution in [0.1, 0.15) is 12.8 Å². The summed E-state index contributed by atoms with van der Waals surface area (Å²) in [6.45, 7) is 2.86. The first-order valence-corrected chi connectivity index (χ1v) is 6.49. The normalized spacial score (nSPS) is 19.3. The highest BCUT2D eigenvalue weighted by Crippen LogP contribution is 2.22. The molecule has 5 nitrogen and oxygen atoms in total. The van der Waals surface area contributed by atoms with Crippen molar-refractivity contribution in [3.05, 3.63) is 10.7 Å². The largest absolute Gasteiger partial charge is 0.480 e. The predicted molar refractivity (Wildman–Crippen MR) is 67.4 cm³/mol. The molecule has 1 N–H and O–H groups in total. The second-order valence-electron chi connectivity index (χ2n) is 4.01. The molecular formula is C11H16BrN3O2. The van der Waals surface area contributed by atoms with Gasteiger partial charge in [0.2, 0.25) is 5.88 Å². The van der Waals surface area contributed by atoms with Crippen LogP contribution >= 0.6 is 15.9 Å². The van der Waals surface area contributed by atoms with Gasteiger partial charge in [-0.25, -0.2) is 4.98 Å². The maximum absolute atomic E-state index is 5.51. The zero-order chi connectivity index (χ0) is 12.1. The summed E-state index contributed by atoms with van der Waals surface area (Å²) in [7, 11) is 1.57. The van der Waals surface area contributed by atoms with E-state index >= 15 is 0 Å². The van der Waals surface area contributed by atoms with Gasteiger partial charge in [-0.05, 0) is 47.8 Å². The lowest BCUT2D eigenvalue weighted by Gasteiger charge is -2.09. The summed E-state index contributed by atoms with van der Waals surface area (Å²) in [6, 6.07) is 0.371. The van der Waals surface area contributed by atoms with Crippen LogP contribution < -0.4 is 14.8 Å². The highest BCUT2D eigenvalue weighted by molar-refractivity contribution is 9.10. The molecule has 2 heterocycles. The van der Waals surface area contributed by atoms with Gasteiger partial charge in [0.25, 0.3) is 0 Å². The fourth-order valence-electron chi connectivity index (χ4n) is 1.83. The smallest absolute Gasteiger partial charge is 0.319 e. The molecule has 0 amide bonds. The van der Waals surface area contributed by atoms with Crippen molar-refractivity contribution in [3.8, 4) is 11.9 Å². The lowest BCUT2D eigenvalue weighted by atomic mass is 10.1. The van der Waals surface area contributed by atoms with Gasteiger partial charge in [0.05, 0.1) is 24.4 Å². The summed E-state index contributed by atoms with van der Waals surface area (Å²) in [4.78, 5) is 8.21. The van der Waals surface area contributed by atoms with Gasteiger partial charge in [-0.15, -0.1) is 0 Å². The van der Waals surface area contributed by atoms with Crippen LogP contribution in [0, 0.1) is 5.92 Å². The van der Waals surface area contributed by atoms with Crippen molar-refractivity contribution < 1.29 is 9.47 Å². The van der Waals surface area contributed by atoms with Crippen molar-refractivity contribution in [2.75, 3.05) is 26.8 Å². The van der Waals surface area contributed by atoms with Crippen molar-refractivity contribution in [2.24, 2.45) is 5.92 Å². The maximum Gasteiger partial charge on any atom is 0.319 e. The highest BCUT2D eigenvalue weighted by atomic mass is 79.9. The summed E-state index contributed by atoms with van der Waals surface area (Å²) in [5.74, 6) is 1.21. The third-order valence-electron chi connectivity index (χ3n) is 2.80. The number of halogens is 1. The molecule has 94 valence electrons. The predicted octanol–water partition coefficient (Wildman–Crippen LogP) is 1.63. The standard InChI is InChI=1S/C11H16BrN3O2/c1-16-10-9(12)7-14-11(15-10)17-5-3-8-2-4-13-6-8/h7-8,13H,2-6H2,1H3. The van der Waals surface area contributed by atoms with E-state index in [1.807, 2.05) is 0 Å². The number of nitrogens with one attached hydrogen (secondary N) is 1. The Kier molecular flexibility index (Phi) is 4.56. The second kappa shape index (κ2) is 6.16. The van der Waals surface area contributed by atoms with Crippen LogP contribution in [0.15, 0.2) is 10.7 Å². The van der Waals surface area contributed by atoms with Crippen LogP contribution in [-0.4, -0.2) is 36.8 Å². The number of nitrogens with zero attached hydrogens (tertiary/aromatic N) is 2. The van der Waals surface area contributed by atoms with Crippen molar-refractivity contribution >= 4 is 15.9 Å². The molecule has 1 aliphatic rings. The zero-order valence-corrected chi connectivity index (χ0v) is 11.4. The quantitative estimate of drug-likeness (QED) is 0.896. The number of aromatic nitrogens is 2. The molecule has 17 heavy (non-hydrogen) atoms. The van der Waals surface area contributed by atoms with Gasteiger partial charge >= 0.3 is 6.01 Å². The Morgan fingerprint density at radius 3 is 3.18 bits per heavy atom. The van der Waals surface area contributed by atoms with Crippen LogP contribution in [0.4, 0.5) is 0 Å². The Balaban J connectivity index is 1.81. The third-order valence-corrected chi connectivity index (χ3v) is 3.35. The van der Waals surface area contributed by atoms with E-state index in [0.29, 0.717) is 24.4 Å². The SMILES string of the molecule is COc1nc(OCCC2CCNC2)ncc1Br. The van der Waals surface area contributed by atoms with Gasteiger partial charge < -0.3 is 14.8 Å². The lowest BCUT2D eigenvalue weighted by molar-refractivity contribution is 0.258. The van der Waals surface area contributed by atoms with Gasteiger partial charge in [0.15, 0.2) is 0 Å². The second-order valence-corrected chi connectivity index (χ2v) is 4.86. The van der Waals surface area contributed by atoms with E-state index in [4.69, 9.17) is 9.47 Å². The van der Waals surface area contributed by atoms with E-state index in [1.165, 1.54) is 6.42 Å². The molecule has 1 aromatic heterocycles. The number of methoxy groups -OCH3 is 1. The topological polar surface area (TPSA) is 56.3 Å². The molecular weight excluding hydrogens is 286 g/mol. The van der Waals surface area contributed by atoms with Gasteiger partial charge in [-0.3, -0.25) is 0 Å². The summed E-state index contributed by atoms with van der Waals surface area (Å²) in [5.41, 5.74) is 0. The van der Waals surface area contributed by atoms with Crippen LogP contribution in [0.5, 0.6) is 11.9 Å². The Morgan fingerprint density at radius 2 is 2.47 bits per heavy atom. The van der Waals surface area contributed by atoms with Crippen molar-refractivity contribution in [1.82, 2.24) is 15.3 Å². The average Bonchev–Trinajstić information content (AvgIpc) is 2.84. The Hall–Kier alpha value is -0.880. The lowest BCUT2D eigenvalue weighted by Crippen LogP contribution is -2.12. The number of hydrogen-bond acceptors (Lipinski definition) is 5. The molecule has 0 saturated carbocycles. The summed E-state index contributed by atoms with van der Waals surface area (Å²) in [5, 5.41) is 3.33. The van der Waals surface area contributed by atoms with Crippen LogP contribution in [0.2, 0.25) is 0 Å². The first-order valence-electron chi connectivity index (χ1n) is 5.69. The minimum atomic E-state index is 0.371. The molecule has 0 spiro atoms. The molecule has 0 aromatic carbocycles. The molecule has 2 rings (SSSR count). The van der Waals surface area contributed by atoms with Gasteiger partial charge in [0.1, 0.15) is 0 Å². The molecule has 0 bridgehead atoms. The first-order chi connectivity index (χ1) is 8.29. The van der Waals surface area contributed by atoms with Crippen molar-refractivity contribution in [1.29, 1.82) is 0 Å². The fourth-order valence-corrected chi connectivity index (χ4v) is 2.18. The number of hydrogen-bond donors (Lipinski definition) is 1. The van der Waals surface area contributed by atoms with E-state index in [-0.39, 0.29) is 0 Å². The van der Waals surface area contributed by atoms with Gasteiger partial charge in [-0.2, -0.15) is 4.98 Å². The average molecular weight is 302 g/mol. The number of rotatable bonds is 5. The highest BCUT2D eigenvalue weighted by Gasteiger charge is 2.14. The Morgan fingerprint density at radius 1 is 1.59 bits per heavy atom. The molecule has 0 radical (unpaired) electrons. The van der Waals surface area contributed by atoms with Crippen LogP contribution in [0.25, 0.3) is 0 Å². The summed E-state index contributed by atoms with van der Waals surface area (Å²) >= 11 is 3.30. The third kappa shape index (κ3) is 3.54.